The molecule has 1 heterocycles. The molecule has 1 aromatic carbocycles. The highest BCUT2D eigenvalue weighted by Crippen LogP contribution is 2.18. The predicted octanol–water partition coefficient (Wildman–Crippen LogP) is 2.00. The highest BCUT2D eigenvalue weighted by atomic mass is 16.3. The molecule has 0 saturated carbocycles. The third kappa shape index (κ3) is 4.94. The van der Waals surface area contributed by atoms with Gasteiger partial charge in [-0.3, -0.25) is 0 Å². The highest BCUT2D eigenvalue weighted by Gasteiger charge is 2.15. The Labute approximate surface area is 116 Å². The minimum atomic E-state index is 0.129. The summed E-state index contributed by atoms with van der Waals surface area (Å²) in [6, 6.07) is 8.17. The van der Waals surface area contributed by atoms with Crippen molar-refractivity contribution in [2.75, 3.05) is 26.7 Å². The molecule has 0 aromatic heterocycles. The third-order valence-electron chi connectivity index (χ3n) is 4.10. The summed E-state index contributed by atoms with van der Waals surface area (Å²) in [6.45, 7) is 4.68. The molecule has 106 valence electrons. The summed E-state index contributed by atoms with van der Waals surface area (Å²) < 4.78 is 0. The topological polar surface area (TPSA) is 35.5 Å². The lowest BCUT2D eigenvalue weighted by Crippen LogP contribution is -2.31. The van der Waals surface area contributed by atoms with Crippen molar-refractivity contribution in [2.45, 2.75) is 32.4 Å². The molecule has 0 bridgehead atoms. The van der Waals surface area contributed by atoms with Gasteiger partial charge in [0.15, 0.2) is 0 Å². The molecule has 0 atom stereocenters. The van der Waals surface area contributed by atoms with Crippen molar-refractivity contribution < 1.29 is 5.11 Å². The summed E-state index contributed by atoms with van der Waals surface area (Å²) in [5.41, 5.74) is 2.27. The van der Waals surface area contributed by atoms with Crippen LogP contribution in [0.25, 0.3) is 0 Å². The van der Waals surface area contributed by atoms with Crippen molar-refractivity contribution in [2.24, 2.45) is 5.92 Å². The zero-order valence-corrected chi connectivity index (χ0v) is 11.9. The maximum Gasteiger partial charge on any atom is 0.0681 e. The predicted molar refractivity (Wildman–Crippen MR) is 78.9 cm³/mol. The van der Waals surface area contributed by atoms with Crippen molar-refractivity contribution >= 4 is 0 Å². The second-order valence-electron chi connectivity index (χ2n) is 5.69. The summed E-state index contributed by atoms with van der Waals surface area (Å²) in [5, 5.41) is 12.5. The number of rotatable bonds is 6. The van der Waals surface area contributed by atoms with E-state index in [-0.39, 0.29) is 6.61 Å². The molecule has 0 amide bonds. The van der Waals surface area contributed by atoms with Crippen molar-refractivity contribution in [1.82, 2.24) is 10.2 Å². The van der Waals surface area contributed by atoms with Gasteiger partial charge in [0.25, 0.3) is 0 Å². The van der Waals surface area contributed by atoms with Crippen LogP contribution in [0.3, 0.4) is 0 Å². The molecule has 2 N–H and O–H groups in total. The summed E-state index contributed by atoms with van der Waals surface area (Å²) in [4.78, 5) is 2.42. The number of hydrogen-bond acceptors (Lipinski definition) is 3. The molecule has 1 aliphatic heterocycles. The van der Waals surface area contributed by atoms with E-state index in [1.165, 1.54) is 37.9 Å². The van der Waals surface area contributed by atoms with Crippen LogP contribution < -0.4 is 5.32 Å². The molecule has 19 heavy (non-hydrogen) atoms. The van der Waals surface area contributed by atoms with Crippen LogP contribution in [-0.2, 0) is 13.2 Å². The van der Waals surface area contributed by atoms with Crippen molar-refractivity contribution in [3.8, 4) is 0 Å². The van der Waals surface area contributed by atoms with Crippen LogP contribution in [0.15, 0.2) is 24.3 Å². The molecule has 0 aliphatic carbocycles. The van der Waals surface area contributed by atoms with Crippen LogP contribution in [0.1, 0.15) is 30.4 Å². The maximum atomic E-state index is 8.99. The van der Waals surface area contributed by atoms with E-state index in [4.69, 9.17) is 5.11 Å². The van der Waals surface area contributed by atoms with Gasteiger partial charge in [0.05, 0.1) is 6.61 Å². The number of likely N-dealkylation sites (tertiary alicyclic amines) is 1. The number of aliphatic hydroxyl groups is 1. The zero-order valence-electron chi connectivity index (χ0n) is 11.9. The lowest BCUT2D eigenvalue weighted by atomic mass is 9.94. The van der Waals surface area contributed by atoms with Gasteiger partial charge in [0, 0.05) is 6.54 Å². The van der Waals surface area contributed by atoms with E-state index in [1.54, 1.807) is 0 Å². The minimum Gasteiger partial charge on any atom is -0.392 e. The number of aliphatic hydroxyl groups excluding tert-OH is 1. The Hall–Kier alpha value is -0.900. The van der Waals surface area contributed by atoms with E-state index in [1.807, 2.05) is 12.1 Å². The van der Waals surface area contributed by atoms with Gasteiger partial charge in [0.2, 0.25) is 0 Å². The summed E-state index contributed by atoms with van der Waals surface area (Å²) >= 11 is 0. The Kier molecular flexibility index (Phi) is 5.83. The lowest BCUT2D eigenvalue weighted by Gasteiger charge is -2.28. The second kappa shape index (κ2) is 7.63. The highest BCUT2D eigenvalue weighted by molar-refractivity contribution is 5.21. The van der Waals surface area contributed by atoms with Gasteiger partial charge < -0.3 is 15.3 Å². The summed E-state index contributed by atoms with van der Waals surface area (Å²) in [6.07, 6.45) is 4.00. The second-order valence-corrected chi connectivity index (χ2v) is 5.69. The average Bonchev–Trinajstić information content (AvgIpc) is 2.46. The number of nitrogens with one attached hydrogen (secondary N) is 1. The van der Waals surface area contributed by atoms with Gasteiger partial charge >= 0.3 is 0 Å². The smallest absolute Gasteiger partial charge is 0.0681 e. The fourth-order valence-electron chi connectivity index (χ4n) is 2.65. The van der Waals surface area contributed by atoms with Gasteiger partial charge in [-0.2, -0.15) is 0 Å². The van der Waals surface area contributed by atoms with Crippen LogP contribution in [0.5, 0.6) is 0 Å². The van der Waals surface area contributed by atoms with E-state index in [0.717, 1.165) is 24.6 Å². The Balaban J connectivity index is 1.61. The lowest BCUT2D eigenvalue weighted by molar-refractivity contribution is 0.211. The van der Waals surface area contributed by atoms with Gasteiger partial charge in [-0.25, -0.2) is 0 Å². The Morgan fingerprint density at radius 2 is 1.79 bits per heavy atom. The average molecular weight is 262 g/mol. The van der Waals surface area contributed by atoms with Gasteiger partial charge in [0.1, 0.15) is 0 Å². The molecule has 1 aliphatic rings. The Morgan fingerprint density at radius 3 is 2.42 bits per heavy atom. The van der Waals surface area contributed by atoms with E-state index in [9.17, 15) is 0 Å². The zero-order chi connectivity index (χ0) is 13.5. The van der Waals surface area contributed by atoms with Gasteiger partial charge in [-0.1, -0.05) is 24.3 Å². The SMILES string of the molecule is CN1CCC(CCNCc2ccc(CO)cc2)CC1. The van der Waals surface area contributed by atoms with Crippen LogP contribution in [0.2, 0.25) is 0 Å². The maximum absolute atomic E-state index is 8.99. The normalized spacial score (nSPS) is 17.8. The van der Waals surface area contributed by atoms with E-state index >= 15 is 0 Å². The van der Waals surface area contributed by atoms with Gasteiger partial charge in [-0.05, 0) is 63.0 Å². The molecular weight excluding hydrogens is 236 g/mol. The summed E-state index contributed by atoms with van der Waals surface area (Å²) in [7, 11) is 2.21. The molecule has 0 radical (unpaired) electrons. The van der Waals surface area contributed by atoms with E-state index in [0.29, 0.717) is 0 Å². The number of piperidine rings is 1. The molecule has 1 saturated heterocycles. The van der Waals surface area contributed by atoms with Crippen LogP contribution >= 0.6 is 0 Å². The minimum absolute atomic E-state index is 0.129. The monoisotopic (exact) mass is 262 g/mol. The van der Waals surface area contributed by atoms with Crippen molar-refractivity contribution in [1.29, 1.82) is 0 Å². The standard InChI is InChI=1S/C16H26N2O/c1-18-10-7-14(8-11-18)6-9-17-12-15-2-4-16(13-19)5-3-15/h2-5,14,17,19H,6-13H2,1H3. The van der Waals surface area contributed by atoms with Gasteiger partial charge in [-0.15, -0.1) is 0 Å². The Morgan fingerprint density at radius 1 is 1.16 bits per heavy atom. The first-order valence-electron chi connectivity index (χ1n) is 7.36. The molecule has 1 aromatic rings. The number of nitrogens with zero attached hydrogens (tertiary/aromatic N) is 1. The first-order chi connectivity index (χ1) is 9.28. The Bertz CT molecular complexity index is 356. The first kappa shape index (κ1) is 14.5. The largest absolute Gasteiger partial charge is 0.392 e. The molecule has 1 fully saturated rings. The van der Waals surface area contributed by atoms with Crippen LogP contribution in [0.4, 0.5) is 0 Å². The first-order valence-corrected chi connectivity index (χ1v) is 7.36. The molecular formula is C16H26N2O. The fraction of sp³-hybridized carbons (Fsp3) is 0.625. The van der Waals surface area contributed by atoms with Crippen molar-refractivity contribution in [3.63, 3.8) is 0 Å². The van der Waals surface area contributed by atoms with Crippen LogP contribution in [-0.4, -0.2) is 36.7 Å². The molecule has 2 rings (SSSR count). The fourth-order valence-corrected chi connectivity index (χ4v) is 2.65. The quantitative estimate of drug-likeness (QED) is 0.770. The number of benzene rings is 1. The number of hydrogen-bond donors (Lipinski definition) is 2. The summed E-state index contributed by atoms with van der Waals surface area (Å²) in [5.74, 6) is 0.903. The van der Waals surface area contributed by atoms with Crippen molar-refractivity contribution in [3.05, 3.63) is 35.4 Å². The van der Waals surface area contributed by atoms with E-state index in [2.05, 4.69) is 29.4 Å². The molecule has 0 unspecified atom stereocenters. The molecule has 3 heteroatoms. The van der Waals surface area contributed by atoms with Crippen LogP contribution in [0, 0.1) is 5.92 Å². The third-order valence-corrected chi connectivity index (χ3v) is 4.10. The molecule has 3 nitrogen and oxygen atoms in total. The molecule has 0 spiro atoms. The van der Waals surface area contributed by atoms with E-state index < -0.39 is 0 Å².